The third-order valence-corrected chi connectivity index (χ3v) is 6.48. The molecule has 1 amide bonds. The van der Waals surface area contributed by atoms with Crippen LogP contribution < -0.4 is 0 Å². The summed E-state index contributed by atoms with van der Waals surface area (Å²) in [5.74, 6) is 0.279. The lowest BCUT2D eigenvalue weighted by atomic mass is 9.81. The number of rotatable bonds is 5. The highest BCUT2D eigenvalue weighted by atomic mass is 16.3. The molecule has 27 heavy (non-hydrogen) atoms. The standard InChI is InChI=1S/C22H31N3O2/c1-24(22(17-23)12-6-3-7-13-22)20(26)16-25-14-10-19(11-15-25)21(27)18-8-4-2-5-9-18/h2,4-5,8-9,19,21,27H,3,6-7,10-16H2,1H3. The Balaban J connectivity index is 1.51. The number of nitrogens with zero attached hydrogens (tertiary/aromatic N) is 3. The minimum atomic E-state index is -0.614. The van der Waals surface area contributed by atoms with Crippen LogP contribution in [0.2, 0.25) is 0 Å². The summed E-state index contributed by atoms with van der Waals surface area (Å²) in [6.45, 7) is 2.00. The Hall–Kier alpha value is -1.90. The zero-order valence-electron chi connectivity index (χ0n) is 16.3. The van der Waals surface area contributed by atoms with Crippen molar-refractivity contribution in [3.63, 3.8) is 0 Å². The molecule has 0 radical (unpaired) electrons. The number of carbonyl (C=O) groups excluding carboxylic acids is 1. The summed E-state index contributed by atoms with van der Waals surface area (Å²) in [5, 5.41) is 20.3. The first-order valence-corrected chi connectivity index (χ1v) is 10.2. The van der Waals surface area contributed by atoms with E-state index in [0.29, 0.717) is 6.54 Å². The number of aliphatic hydroxyl groups excluding tert-OH is 1. The third-order valence-electron chi connectivity index (χ3n) is 6.48. The molecule has 2 fully saturated rings. The maximum atomic E-state index is 12.8. The van der Waals surface area contributed by atoms with Crippen LogP contribution >= 0.6 is 0 Å². The van der Waals surface area contributed by atoms with Crippen LogP contribution in [0.1, 0.15) is 56.6 Å². The molecule has 1 unspecified atom stereocenters. The topological polar surface area (TPSA) is 67.6 Å². The van der Waals surface area contributed by atoms with E-state index in [1.807, 2.05) is 30.3 Å². The van der Waals surface area contributed by atoms with E-state index in [-0.39, 0.29) is 11.8 Å². The number of hydrogen-bond acceptors (Lipinski definition) is 4. The van der Waals surface area contributed by atoms with Crippen LogP contribution in [-0.4, -0.2) is 53.0 Å². The van der Waals surface area contributed by atoms with Crippen LogP contribution in [0.25, 0.3) is 0 Å². The summed E-state index contributed by atoms with van der Waals surface area (Å²) < 4.78 is 0. The van der Waals surface area contributed by atoms with E-state index in [1.54, 1.807) is 11.9 Å². The van der Waals surface area contributed by atoms with Gasteiger partial charge < -0.3 is 10.0 Å². The summed E-state index contributed by atoms with van der Waals surface area (Å²) in [4.78, 5) is 16.7. The number of amides is 1. The molecule has 1 atom stereocenters. The monoisotopic (exact) mass is 369 g/mol. The van der Waals surface area contributed by atoms with Crippen molar-refractivity contribution in [2.24, 2.45) is 5.92 Å². The second-order valence-corrected chi connectivity index (χ2v) is 8.13. The molecular formula is C22H31N3O2. The summed E-state index contributed by atoms with van der Waals surface area (Å²) >= 11 is 0. The largest absolute Gasteiger partial charge is 0.388 e. The van der Waals surface area contributed by atoms with Crippen molar-refractivity contribution in [3.8, 4) is 6.07 Å². The second-order valence-electron chi connectivity index (χ2n) is 8.13. The number of aliphatic hydroxyl groups is 1. The van der Waals surface area contributed by atoms with Gasteiger partial charge in [0.15, 0.2) is 0 Å². The first-order chi connectivity index (χ1) is 13.1. The summed E-state index contributed by atoms with van der Waals surface area (Å²) in [6.07, 6.45) is 6.11. The fourth-order valence-corrected chi connectivity index (χ4v) is 4.54. The van der Waals surface area contributed by atoms with Gasteiger partial charge >= 0.3 is 0 Å². The molecule has 1 aliphatic carbocycles. The van der Waals surface area contributed by atoms with Crippen molar-refractivity contribution < 1.29 is 9.90 Å². The van der Waals surface area contributed by atoms with E-state index >= 15 is 0 Å². The molecule has 1 aromatic carbocycles. The Morgan fingerprint density at radius 1 is 1.26 bits per heavy atom. The number of likely N-dealkylation sites (N-methyl/N-ethyl adjacent to an activating group) is 1. The first kappa shape index (κ1) is 19.9. The summed E-state index contributed by atoms with van der Waals surface area (Å²) in [5.41, 5.74) is 0.358. The quantitative estimate of drug-likeness (QED) is 0.866. The predicted octanol–water partition coefficient (Wildman–Crippen LogP) is 3.12. The molecule has 1 saturated carbocycles. The molecule has 1 saturated heterocycles. The highest BCUT2D eigenvalue weighted by Gasteiger charge is 2.39. The number of carbonyl (C=O) groups is 1. The molecular weight excluding hydrogens is 338 g/mol. The highest BCUT2D eigenvalue weighted by molar-refractivity contribution is 5.79. The van der Waals surface area contributed by atoms with E-state index in [2.05, 4.69) is 11.0 Å². The van der Waals surface area contributed by atoms with Gasteiger partial charge in [-0.25, -0.2) is 0 Å². The van der Waals surface area contributed by atoms with E-state index in [0.717, 1.165) is 63.6 Å². The van der Waals surface area contributed by atoms with Gasteiger partial charge in [0.2, 0.25) is 5.91 Å². The van der Waals surface area contributed by atoms with Crippen LogP contribution in [0.5, 0.6) is 0 Å². The minimum absolute atomic E-state index is 0.0421. The molecule has 1 aromatic rings. The Labute approximate surface area is 162 Å². The van der Waals surface area contributed by atoms with Crippen molar-refractivity contribution in [1.82, 2.24) is 9.80 Å². The SMILES string of the molecule is CN(C(=O)CN1CCC(C(O)c2ccccc2)CC1)C1(C#N)CCCCC1. The van der Waals surface area contributed by atoms with E-state index in [4.69, 9.17) is 0 Å². The molecule has 2 aliphatic rings. The lowest BCUT2D eigenvalue weighted by Gasteiger charge is -2.40. The molecule has 5 heteroatoms. The minimum Gasteiger partial charge on any atom is -0.388 e. The van der Waals surface area contributed by atoms with Gasteiger partial charge in [0.05, 0.1) is 18.7 Å². The molecule has 3 rings (SSSR count). The van der Waals surface area contributed by atoms with Gasteiger partial charge in [0, 0.05) is 7.05 Å². The number of benzene rings is 1. The highest BCUT2D eigenvalue weighted by Crippen LogP contribution is 2.33. The van der Waals surface area contributed by atoms with Crippen molar-refractivity contribution >= 4 is 5.91 Å². The molecule has 0 aromatic heterocycles. The third kappa shape index (κ3) is 4.51. The molecule has 146 valence electrons. The van der Waals surface area contributed by atoms with Gasteiger partial charge in [-0.1, -0.05) is 49.6 Å². The fraction of sp³-hybridized carbons (Fsp3) is 0.636. The molecule has 1 N–H and O–H groups in total. The summed E-state index contributed by atoms with van der Waals surface area (Å²) in [7, 11) is 1.79. The van der Waals surface area contributed by atoms with Crippen molar-refractivity contribution in [2.45, 2.75) is 56.6 Å². The number of likely N-dealkylation sites (tertiary alicyclic amines) is 1. The lowest BCUT2D eigenvalue weighted by Crippen LogP contribution is -2.53. The lowest BCUT2D eigenvalue weighted by molar-refractivity contribution is -0.136. The van der Waals surface area contributed by atoms with Gasteiger partial charge in [-0.2, -0.15) is 5.26 Å². The number of piperidine rings is 1. The van der Waals surface area contributed by atoms with Crippen molar-refractivity contribution in [1.29, 1.82) is 5.26 Å². The average Bonchev–Trinajstić information content (AvgIpc) is 2.74. The van der Waals surface area contributed by atoms with Crippen LogP contribution in [-0.2, 0) is 4.79 Å². The van der Waals surface area contributed by atoms with Gasteiger partial charge in [-0.05, 0) is 50.3 Å². The average molecular weight is 370 g/mol. The Kier molecular flexibility index (Phi) is 6.51. The van der Waals surface area contributed by atoms with Gasteiger partial charge in [0.25, 0.3) is 0 Å². The van der Waals surface area contributed by atoms with E-state index in [9.17, 15) is 15.2 Å². The van der Waals surface area contributed by atoms with Crippen molar-refractivity contribution in [3.05, 3.63) is 35.9 Å². The Bertz CT molecular complexity index is 656. The first-order valence-electron chi connectivity index (χ1n) is 10.2. The Morgan fingerprint density at radius 2 is 1.89 bits per heavy atom. The zero-order valence-corrected chi connectivity index (χ0v) is 16.3. The van der Waals surface area contributed by atoms with Gasteiger partial charge in [0.1, 0.15) is 5.54 Å². The molecule has 5 nitrogen and oxygen atoms in total. The maximum absolute atomic E-state index is 12.8. The molecule has 0 bridgehead atoms. The Morgan fingerprint density at radius 3 is 2.48 bits per heavy atom. The van der Waals surface area contributed by atoms with Crippen LogP contribution in [0, 0.1) is 17.2 Å². The van der Waals surface area contributed by atoms with Crippen LogP contribution in [0.15, 0.2) is 30.3 Å². The normalized spacial score (nSPS) is 22.0. The second kappa shape index (κ2) is 8.86. The smallest absolute Gasteiger partial charge is 0.237 e. The van der Waals surface area contributed by atoms with Crippen LogP contribution in [0.4, 0.5) is 0 Å². The molecule has 1 aliphatic heterocycles. The maximum Gasteiger partial charge on any atom is 0.237 e. The van der Waals surface area contributed by atoms with E-state index in [1.165, 1.54) is 0 Å². The predicted molar refractivity (Wildman–Crippen MR) is 105 cm³/mol. The number of hydrogen-bond donors (Lipinski definition) is 1. The van der Waals surface area contributed by atoms with Gasteiger partial charge in [-0.15, -0.1) is 0 Å². The van der Waals surface area contributed by atoms with Gasteiger partial charge in [-0.3, -0.25) is 9.69 Å². The van der Waals surface area contributed by atoms with Crippen molar-refractivity contribution in [2.75, 3.05) is 26.7 Å². The molecule has 1 heterocycles. The van der Waals surface area contributed by atoms with E-state index < -0.39 is 11.6 Å². The fourth-order valence-electron chi connectivity index (χ4n) is 4.54. The zero-order chi connectivity index (χ0) is 19.3. The van der Waals surface area contributed by atoms with Crippen LogP contribution in [0.3, 0.4) is 0 Å². The number of nitriles is 1. The summed E-state index contributed by atoms with van der Waals surface area (Å²) in [6, 6.07) is 12.2. The molecule has 0 spiro atoms.